The van der Waals surface area contributed by atoms with Crippen LogP contribution in [0.4, 0.5) is 9.80 Å². The summed E-state index contributed by atoms with van der Waals surface area (Å²) in [5, 5.41) is 5.00. The highest BCUT2D eigenvalue weighted by atomic mass is 35.5. The van der Waals surface area contributed by atoms with Crippen molar-refractivity contribution in [2.24, 2.45) is 11.5 Å². The van der Waals surface area contributed by atoms with Gasteiger partial charge in [0.05, 0.1) is 24.8 Å². The lowest BCUT2D eigenvalue weighted by Gasteiger charge is -2.08. The van der Waals surface area contributed by atoms with E-state index in [2.05, 4.69) is 5.32 Å². The standard InChI is InChI=1S/C17H20ClN3O5S/c1-24-5-6-25-7-8-26-14-3-2-11(10-13(14)18)27-9-4-12(15(19)22)16(27)21-17(20)23/h2-4,9-10H,5-8H2,1H3,(H4-,19,20,21,22,23)/p+1. The van der Waals surface area contributed by atoms with Gasteiger partial charge >= 0.3 is 6.03 Å². The molecule has 3 amide bonds. The van der Waals surface area contributed by atoms with Gasteiger partial charge in [-0.3, -0.25) is 10.1 Å². The van der Waals surface area contributed by atoms with Gasteiger partial charge in [-0.25, -0.2) is 4.79 Å². The molecule has 146 valence electrons. The maximum Gasteiger partial charge on any atom is 0.320 e. The molecule has 2 aromatic rings. The minimum Gasteiger partial charge on any atom is -0.490 e. The molecular formula is C17H21ClN3O5S+. The van der Waals surface area contributed by atoms with Crippen LogP contribution < -0.4 is 21.5 Å². The summed E-state index contributed by atoms with van der Waals surface area (Å²) in [6, 6.07) is 6.02. The number of thiophene rings is 1. The van der Waals surface area contributed by atoms with E-state index in [-0.39, 0.29) is 5.56 Å². The monoisotopic (exact) mass is 414 g/mol. The fourth-order valence-corrected chi connectivity index (χ4v) is 4.39. The van der Waals surface area contributed by atoms with Gasteiger partial charge in [0.25, 0.3) is 10.9 Å². The van der Waals surface area contributed by atoms with E-state index in [0.717, 1.165) is 4.90 Å². The van der Waals surface area contributed by atoms with Gasteiger partial charge in [-0.2, -0.15) is 0 Å². The van der Waals surface area contributed by atoms with E-state index in [1.165, 1.54) is 0 Å². The molecule has 0 aliphatic rings. The third-order valence-electron chi connectivity index (χ3n) is 3.41. The molecule has 1 unspecified atom stereocenters. The number of halogens is 1. The van der Waals surface area contributed by atoms with Crippen LogP contribution in [0.3, 0.4) is 0 Å². The number of methoxy groups -OCH3 is 1. The molecule has 0 aliphatic carbocycles. The lowest BCUT2D eigenvalue weighted by molar-refractivity contribution is 0.0544. The third-order valence-corrected chi connectivity index (χ3v) is 5.64. The average molecular weight is 415 g/mol. The van der Waals surface area contributed by atoms with Crippen LogP contribution in [-0.2, 0) is 9.47 Å². The van der Waals surface area contributed by atoms with Crippen molar-refractivity contribution in [3.05, 3.63) is 40.2 Å². The first-order valence-electron chi connectivity index (χ1n) is 7.95. The Morgan fingerprint density at radius 2 is 1.89 bits per heavy atom. The maximum absolute atomic E-state index is 11.6. The van der Waals surface area contributed by atoms with Crippen molar-refractivity contribution in [3.8, 4) is 10.6 Å². The van der Waals surface area contributed by atoms with E-state index in [9.17, 15) is 9.59 Å². The molecule has 27 heavy (non-hydrogen) atoms. The van der Waals surface area contributed by atoms with Crippen LogP contribution >= 0.6 is 22.1 Å². The van der Waals surface area contributed by atoms with Gasteiger partial charge in [-0.05, 0) is 6.07 Å². The zero-order chi connectivity index (χ0) is 19.8. The van der Waals surface area contributed by atoms with Gasteiger partial charge in [0, 0.05) is 35.8 Å². The Hall–Kier alpha value is -2.33. The quantitative estimate of drug-likeness (QED) is 0.407. The Bertz CT molecular complexity index is 812. The summed E-state index contributed by atoms with van der Waals surface area (Å²) in [5.74, 6) is -0.143. The maximum atomic E-state index is 11.6. The Morgan fingerprint density at radius 3 is 2.52 bits per heavy atom. The molecule has 0 saturated carbocycles. The summed E-state index contributed by atoms with van der Waals surface area (Å²) < 4.78 is 15.8. The summed E-state index contributed by atoms with van der Waals surface area (Å²) in [4.78, 5) is 23.6. The number of nitrogens with two attached hydrogens (primary N) is 2. The van der Waals surface area contributed by atoms with Gasteiger partial charge in [-0.1, -0.05) is 11.6 Å². The fraction of sp³-hybridized carbons (Fsp3) is 0.294. The predicted octanol–water partition coefficient (Wildman–Crippen LogP) is 2.71. The number of amides is 3. The Morgan fingerprint density at radius 1 is 1.15 bits per heavy atom. The molecule has 2 rings (SSSR count). The third kappa shape index (κ3) is 5.83. The fourth-order valence-electron chi connectivity index (χ4n) is 2.21. The molecule has 0 radical (unpaired) electrons. The molecule has 8 nitrogen and oxygen atoms in total. The van der Waals surface area contributed by atoms with Gasteiger partial charge < -0.3 is 25.7 Å². The highest BCUT2D eigenvalue weighted by molar-refractivity contribution is 7.42. The minimum absolute atomic E-state index is 0.210. The van der Waals surface area contributed by atoms with Crippen molar-refractivity contribution in [2.45, 2.75) is 0 Å². The van der Waals surface area contributed by atoms with Gasteiger partial charge in [0.15, 0.2) is 4.90 Å². The predicted molar refractivity (Wildman–Crippen MR) is 105 cm³/mol. The lowest BCUT2D eigenvalue weighted by Crippen LogP contribution is -2.21. The Balaban J connectivity index is 2.13. The van der Waals surface area contributed by atoms with E-state index in [0.29, 0.717) is 42.2 Å². The van der Waals surface area contributed by atoms with E-state index in [4.69, 9.17) is 37.3 Å². The van der Waals surface area contributed by atoms with Gasteiger partial charge in [-0.15, -0.1) is 0 Å². The second kappa shape index (κ2) is 10.1. The van der Waals surface area contributed by atoms with E-state index in [1.807, 2.05) is 0 Å². The first-order chi connectivity index (χ1) is 12.9. The molecule has 1 heterocycles. The number of benzene rings is 1. The van der Waals surface area contributed by atoms with Crippen molar-refractivity contribution in [2.75, 3.05) is 38.9 Å². The number of nitrogens with one attached hydrogen (secondary N) is 1. The zero-order valence-electron chi connectivity index (χ0n) is 14.7. The molecule has 5 N–H and O–H groups in total. The molecular weight excluding hydrogens is 394 g/mol. The minimum atomic E-state index is -0.774. The second-order valence-electron chi connectivity index (χ2n) is 5.28. The Kier molecular flexibility index (Phi) is 7.86. The number of urea groups is 1. The number of carbonyl (C=O) groups excluding carboxylic acids is 2. The summed E-state index contributed by atoms with van der Waals surface area (Å²) in [6.07, 6.45) is 0. The van der Waals surface area contributed by atoms with Crippen LogP contribution in [0.25, 0.3) is 4.90 Å². The summed E-state index contributed by atoms with van der Waals surface area (Å²) in [7, 11) is 0.883. The van der Waals surface area contributed by atoms with E-state index >= 15 is 0 Å². The van der Waals surface area contributed by atoms with Crippen molar-refractivity contribution in [3.63, 3.8) is 0 Å². The number of hydrogen-bond donors (Lipinski definition) is 3. The number of carbonyl (C=O) groups is 2. The molecule has 0 aliphatic heterocycles. The number of ether oxygens (including phenoxy) is 3. The zero-order valence-corrected chi connectivity index (χ0v) is 16.3. The van der Waals surface area contributed by atoms with Crippen molar-refractivity contribution in [1.82, 2.24) is 0 Å². The van der Waals surface area contributed by atoms with Gasteiger partial charge in [0.2, 0.25) is 0 Å². The first-order valence-corrected chi connectivity index (χ1v) is 9.61. The highest BCUT2D eigenvalue weighted by Gasteiger charge is 2.27. The molecule has 10 heteroatoms. The van der Waals surface area contributed by atoms with Crippen molar-refractivity contribution in [1.29, 1.82) is 0 Å². The number of rotatable bonds is 10. The SMILES string of the molecule is COCCOCCOc1ccc(-[s+]2ccc(C(N)=O)c2NC(N)=O)cc1Cl. The average Bonchev–Trinajstić information content (AvgIpc) is 3.02. The van der Waals surface area contributed by atoms with Crippen LogP contribution in [0.1, 0.15) is 10.4 Å². The van der Waals surface area contributed by atoms with E-state index in [1.54, 1.807) is 36.8 Å². The van der Waals surface area contributed by atoms with Crippen LogP contribution in [0.15, 0.2) is 29.6 Å². The summed E-state index contributed by atoms with van der Waals surface area (Å²) in [6.45, 7) is 1.76. The topological polar surface area (TPSA) is 126 Å². The molecule has 1 atom stereocenters. The van der Waals surface area contributed by atoms with Gasteiger partial charge in [0.1, 0.15) is 23.3 Å². The summed E-state index contributed by atoms with van der Waals surface area (Å²) >= 11 is 6.30. The number of primary amides is 2. The normalized spacial score (nSPS) is 11.3. The molecule has 1 aromatic heterocycles. The molecule has 0 fully saturated rings. The molecule has 0 bridgehead atoms. The molecule has 0 saturated heterocycles. The lowest BCUT2D eigenvalue weighted by atomic mass is 10.3. The smallest absolute Gasteiger partial charge is 0.320 e. The highest BCUT2D eigenvalue weighted by Crippen LogP contribution is 2.44. The molecule has 1 aromatic carbocycles. The van der Waals surface area contributed by atoms with Crippen LogP contribution in [-0.4, -0.2) is 45.5 Å². The van der Waals surface area contributed by atoms with Crippen LogP contribution in [0, 0.1) is 0 Å². The van der Waals surface area contributed by atoms with Crippen LogP contribution in [0.5, 0.6) is 5.75 Å². The first kappa shape index (κ1) is 21.0. The Labute approximate surface area is 164 Å². The second-order valence-corrected chi connectivity index (χ2v) is 7.52. The summed E-state index contributed by atoms with van der Waals surface area (Å²) in [5.41, 5.74) is 10.8. The molecule has 0 spiro atoms. The van der Waals surface area contributed by atoms with Crippen molar-refractivity contribution < 1.29 is 23.8 Å². The van der Waals surface area contributed by atoms with E-state index < -0.39 is 22.4 Å². The number of hydrogen-bond acceptors (Lipinski definition) is 5. The van der Waals surface area contributed by atoms with Crippen molar-refractivity contribution >= 4 is 39.0 Å². The number of anilines is 1. The largest absolute Gasteiger partial charge is 0.490 e. The van der Waals surface area contributed by atoms with Crippen LogP contribution in [0.2, 0.25) is 5.02 Å².